The molecule has 0 aromatic heterocycles. The van der Waals surface area contributed by atoms with Gasteiger partial charge in [-0.15, -0.1) is 0 Å². The predicted molar refractivity (Wildman–Crippen MR) is 88.7 cm³/mol. The molecule has 1 unspecified atom stereocenters. The van der Waals surface area contributed by atoms with Gasteiger partial charge in [0.1, 0.15) is 13.2 Å². The predicted octanol–water partition coefficient (Wildman–Crippen LogP) is 3.66. The van der Waals surface area contributed by atoms with Gasteiger partial charge >= 0.3 is 0 Å². The number of hydrogen-bond acceptors (Lipinski definition) is 3. The van der Waals surface area contributed by atoms with Crippen LogP contribution in [0.5, 0.6) is 11.5 Å². The lowest BCUT2D eigenvalue weighted by Crippen LogP contribution is -2.22. The molecular weight excluding hydrogens is 274 g/mol. The van der Waals surface area contributed by atoms with Gasteiger partial charge in [-0.1, -0.05) is 30.3 Å². The summed E-state index contributed by atoms with van der Waals surface area (Å²) in [5.74, 6) is 1.73. The van der Waals surface area contributed by atoms with Crippen molar-refractivity contribution in [2.24, 2.45) is 0 Å². The number of rotatable bonds is 5. The summed E-state index contributed by atoms with van der Waals surface area (Å²) < 4.78 is 11.2. The summed E-state index contributed by atoms with van der Waals surface area (Å²) in [4.78, 5) is 0. The van der Waals surface area contributed by atoms with Crippen molar-refractivity contribution in [3.8, 4) is 11.5 Å². The van der Waals surface area contributed by atoms with Gasteiger partial charge < -0.3 is 14.8 Å². The summed E-state index contributed by atoms with van der Waals surface area (Å²) >= 11 is 0. The summed E-state index contributed by atoms with van der Waals surface area (Å²) in [5.41, 5.74) is 3.97. The first-order valence-electron chi connectivity index (χ1n) is 7.91. The Morgan fingerprint density at radius 1 is 1.05 bits per heavy atom. The Hall–Kier alpha value is -2.00. The van der Waals surface area contributed by atoms with E-state index in [9.17, 15) is 0 Å². The molecule has 116 valence electrons. The number of fused-ring (bicyclic) bond motifs is 1. The number of nitrogens with one attached hydrogen (secondary N) is 1. The molecule has 0 saturated heterocycles. The molecule has 3 rings (SSSR count). The molecular formula is C19H23NO2. The maximum atomic E-state index is 5.63. The summed E-state index contributed by atoms with van der Waals surface area (Å²) in [5, 5.41) is 3.60. The molecule has 1 atom stereocenters. The average molecular weight is 297 g/mol. The molecule has 2 aromatic rings. The summed E-state index contributed by atoms with van der Waals surface area (Å²) in [7, 11) is 0. The number of aryl methyl sites for hydroxylation is 1. The second-order valence-electron chi connectivity index (χ2n) is 5.76. The van der Waals surface area contributed by atoms with Gasteiger partial charge in [0.15, 0.2) is 11.5 Å². The molecule has 3 heteroatoms. The maximum absolute atomic E-state index is 5.63. The molecule has 22 heavy (non-hydrogen) atoms. The van der Waals surface area contributed by atoms with E-state index >= 15 is 0 Å². The van der Waals surface area contributed by atoms with E-state index in [1.54, 1.807) is 0 Å². The number of ether oxygens (including phenoxy) is 2. The van der Waals surface area contributed by atoms with E-state index in [1.165, 1.54) is 16.7 Å². The minimum absolute atomic E-state index is 0.360. The Balaban J connectivity index is 1.56. The summed E-state index contributed by atoms with van der Waals surface area (Å²) in [6, 6.07) is 15.1. The lowest BCUT2D eigenvalue weighted by molar-refractivity contribution is 0.171. The fourth-order valence-electron chi connectivity index (χ4n) is 2.86. The van der Waals surface area contributed by atoms with Gasteiger partial charge in [0.2, 0.25) is 0 Å². The van der Waals surface area contributed by atoms with Crippen LogP contribution in [0.15, 0.2) is 42.5 Å². The third-order valence-corrected chi connectivity index (χ3v) is 4.13. The van der Waals surface area contributed by atoms with Crippen LogP contribution in [0.1, 0.15) is 29.7 Å². The molecule has 0 saturated carbocycles. The molecule has 0 bridgehead atoms. The monoisotopic (exact) mass is 297 g/mol. The molecule has 1 aliphatic rings. The second-order valence-corrected chi connectivity index (χ2v) is 5.76. The number of benzene rings is 2. The molecule has 0 radical (unpaired) electrons. The highest BCUT2D eigenvalue weighted by atomic mass is 16.6. The Morgan fingerprint density at radius 3 is 2.64 bits per heavy atom. The SMILES string of the molecule is Cc1ccccc1C(C)NCCc1ccc2c(c1)OCCO2. The molecule has 0 spiro atoms. The zero-order valence-corrected chi connectivity index (χ0v) is 13.3. The van der Waals surface area contributed by atoms with E-state index < -0.39 is 0 Å². The molecule has 0 amide bonds. The fourth-order valence-corrected chi connectivity index (χ4v) is 2.86. The van der Waals surface area contributed by atoms with Crippen molar-refractivity contribution in [3.05, 3.63) is 59.2 Å². The summed E-state index contributed by atoms with van der Waals surface area (Å²) in [6.07, 6.45) is 0.979. The highest BCUT2D eigenvalue weighted by molar-refractivity contribution is 5.43. The van der Waals surface area contributed by atoms with Crippen molar-refractivity contribution in [1.29, 1.82) is 0 Å². The Morgan fingerprint density at radius 2 is 1.82 bits per heavy atom. The van der Waals surface area contributed by atoms with Crippen LogP contribution in [0.25, 0.3) is 0 Å². The third kappa shape index (κ3) is 3.42. The first-order chi connectivity index (χ1) is 10.7. The van der Waals surface area contributed by atoms with Gasteiger partial charge in [-0.2, -0.15) is 0 Å². The van der Waals surface area contributed by atoms with Gasteiger partial charge in [0.25, 0.3) is 0 Å². The van der Waals surface area contributed by atoms with Crippen LogP contribution in [0, 0.1) is 6.92 Å². The van der Waals surface area contributed by atoms with Crippen molar-refractivity contribution in [3.63, 3.8) is 0 Å². The first kappa shape index (κ1) is 14.9. The standard InChI is InChI=1S/C19H23NO2/c1-14-5-3-4-6-17(14)15(2)20-10-9-16-7-8-18-19(13-16)22-12-11-21-18/h3-8,13,15,20H,9-12H2,1-2H3. The quantitative estimate of drug-likeness (QED) is 0.913. The molecule has 0 fully saturated rings. The van der Waals surface area contributed by atoms with Crippen LogP contribution < -0.4 is 14.8 Å². The fraction of sp³-hybridized carbons (Fsp3) is 0.368. The highest BCUT2D eigenvalue weighted by Gasteiger charge is 2.12. The molecule has 1 aliphatic heterocycles. The third-order valence-electron chi connectivity index (χ3n) is 4.13. The first-order valence-corrected chi connectivity index (χ1v) is 7.91. The molecule has 0 aliphatic carbocycles. The minimum atomic E-state index is 0.360. The number of hydrogen-bond donors (Lipinski definition) is 1. The van der Waals surface area contributed by atoms with Gasteiger partial charge in [-0.3, -0.25) is 0 Å². The van der Waals surface area contributed by atoms with Gasteiger partial charge in [0.05, 0.1) is 0 Å². The van der Waals surface area contributed by atoms with Crippen molar-refractivity contribution in [2.75, 3.05) is 19.8 Å². The Kier molecular flexibility index (Phi) is 4.64. The van der Waals surface area contributed by atoms with E-state index in [0.717, 1.165) is 24.5 Å². The van der Waals surface area contributed by atoms with E-state index in [1.807, 2.05) is 6.07 Å². The van der Waals surface area contributed by atoms with Crippen LogP contribution in [0.3, 0.4) is 0 Å². The van der Waals surface area contributed by atoms with Crippen molar-refractivity contribution in [1.82, 2.24) is 5.32 Å². The normalized spacial score (nSPS) is 14.6. The average Bonchev–Trinajstić information content (AvgIpc) is 2.55. The Bertz CT molecular complexity index is 639. The van der Waals surface area contributed by atoms with Crippen LogP contribution >= 0.6 is 0 Å². The van der Waals surface area contributed by atoms with Gasteiger partial charge in [-0.05, 0) is 55.6 Å². The molecule has 1 heterocycles. The van der Waals surface area contributed by atoms with E-state index in [4.69, 9.17) is 9.47 Å². The lowest BCUT2D eigenvalue weighted by atomic mass is 10.0. The van der Waals surface area contributed by atoms with Crippen LogP contribution in [-0.2, 0) is 6.42 Å². The Labute approximate surface area is 132 Å². The summed E-state index contributed by atoms with van der Waals surface area (Å²) in [6.45, 7) is 6.59. The zero-order chi connectivity index (χ0) is 15.4. The smallest absolute Gasteiger partial charge is 0.161 e. The van der Waals surface area contributed by atoms with E-state index in [2.05, 4.69) is 55.6 Å². The largest absolute Gasteiger partial charge is 0.486 e. The molecule has 3 nitrogen and oxygen atoms in total. The molecule has 1 N–H and O–H groups in total. The van der Waals surface area contributed by atoms with Crippen LogP contribution in [0.2, 0.25) is 0 Å². The second kappa shape index (κ2) is 6.84. The van der Waals surface area contributed by atoms with Crippen molar-refractivity contribution >= 4 is 0 Å². The van der Waals surface area contributed by atoms with Crippen LogP contribution in [-0.4, -0.2) is 19.8 Å². The van der Waals surface area contributed by atoms with E-state index in [0.29, 0.717) is 19.3 Å². The van der Waals surface area contributed by atoms with Crippen molar-refractivity contribution < 1.29 is 9.47 Å². The van der Waals surface area contributed by atoms with Gasteiger partial charge in [-0.25, -0.2) is 0 Å². The lowest BCUT2D eigenvalue weighted by Gasteiger charge is -2.19. The highest BCUT2D eigenvalue weighted by Crippen LogP contribution is 2.30. The topological polar surface area (TPSA) is 30.5 Å². The molecule has 2 aromatic carbocycles. The van der Waals surface area contributed by atoms with Gasteiger partial charge in [0, 0.05) is 6.04 Å². The van der Waals surface area contributed by atoms with Crippen molar-refractivity contribution in [2.45, 2.75) is 26.3 Å². The maximum Gasteiger partial charge on any atom is 0.161 e. The minimum Gasteiger partial charge on any atom is -0.486 e. The van der Waals surface area contributed by atoms with E-state index in [-0.39, 0.29) is 0 Å². The van der Waals surface area contributed by atoms with Crippen LogP contribution in [0.4, 0.5) is 0 Å². The zero-order valence-electron chi connectivity index (χ0n) is 13.3.